The summed E-state index contributed by atoms with van der Waals surface area (Å²) in [5, 5.41) is 11.5. The summed E-state index contributed by atoms with van der Waals surface area (Å²) in [6.45, 7) is 5.20. The average Bonchev–Trinajstić information content (AvgIpc) is 3.40. The van der Waals surface area contributed by atoms with Crippen LogP contribution in [0.4, 0.5) is 0 Å². The highest BCUT2D eigenvalue weighted by atomic mass is 32.2. The zero-order valence-corrected chi connectivity index (χ0v) is 21.3. The predicted molar refractivity (Wildman–Crippen MR) is 128 cm³/mol. The molecule has 3 rings (SSSR count). The lowest BCUT2D eigenvalue weighted by Crippen LogP contribution is -2.45. The van der Waals surface area contributed by atoms with Crippen molar-refractivity contribution in [2.45, 2.75) is 45.1 Å². The molecule has 0 bridgehead atoms. The topological polar surface area (TPSA) is 135 Å². The van der Waals surface area contributed by atoms with Crippen molar-refractivity contribution in [2.75, 3.05) is 45.8 Å². The van der Waals surface area contributed by atoms with Gasteiger partial charge in [-0.25, -0.2) is 18.2 Å². The van der Waals surface area contributed by atoms with Gasteiger partial charge in [0.2, 0.25) is 16.8 Å². The molecular weight excluding hydrogens is 478 g/mol. The van der Waals surface area contributed by atoms with Crippen LogP contribution in [0.1, 0.15) is 44.6 Å². The van der Waals surface area contributed by atoms with Gasteiger partial charge >= 0.3 is 5.97 Å². The van der Waals surface area contributed by atoms with E-state index in [4.69, 9.17) is 14.3 Å². The Morgan fingerprint density at radius 1 is 1.23 bits per heavy atom. The highest BCUT2D eigenvalue weighted by Gasteiger charge is 2.47. The number of carboxylic acid groups (broad SMARTS) is 1. The number of carbonyl (C=O) groups excluding carboxylic acids is 1. The molecule has 2 N–H and O–H groups in total. The first-order valence-corrected chi connectivity index (χ1v) is 13.8. The van der Waals surface area contributed by atoms with E-state index < -0.39 is 33.9 Å². The van der Waals surface area contributed by atoms with Crippen LogP contribution in [0.15, 0.2) is 18.2 Å². The zero-order chi connectivity index (χ0) is 25.6. The van der Waals surface area contributed by atoms with Crippen LogP contribution in [0.3, 0.4) is 0 Å². The maximum atomic E-state index is 13.1. The standard InChI is InChI=1S/C23H35N3O8S/c1-4-10-26(34-11-5-2)21(27)14-25-13-17(16-6-7-19-20(12-16)33-15-32-19)22(23(28)29)18(25)8-9-24-35(3,30)31/h6-7,12,17-18,22,24H,4-5,8-11,13-15H2,1-3H3,(H,28,29)/t17-,18+,22-/m1/s1. The molecule has 0 spiro atoms. The van der Waals surface area contributed by atoms with E-state index in [1.54, 1.807) is 12.1 Å². The van der Waals surface area contributed by atoms with Crippen molar-refractivity contribution in [3.8, 4) is 11.5 Å². The van der Waals surface area contributed by atoms with Crippen LogP contribution < -0.4 is 14.2 Å². The van der Waals surface area contributed by atoms with Crippen LogP contribution in [-0.2, 0) is 24.4 Å². The summed E-state index contributed by atoms with van der Waals surface area (Å²) in [5.41, 5.74) is 0.769. The highest BCUT2D eigenvalue weighted by Crippen LogP contribution is 2.42. The number of carbonyl (C=O) groups is 2. The average molecular weight is 514 g/mol. The van der Waals surface area contributed by atoms with Crippen LogP contribution in [0.2, 0.25) is 0 Å². The smallest absolute Gasteiger partial charge is 0.308 e. The first kappa shape index (κ1) is 27.2. The van der Waals surface area contributed by atoms with Gasteiger partial charge in [0, 0.05) is 31.6 Å². The molecule has 1 saturated heterocycles. The molecule has 3 atom stereocenters. The van der Waals surface area contributed by atoms with Gasteiger partial charge in [-0.3, -0.25) is 19.3 Å². The van der Waals surface area contributed by atoms with Crippen molar-refractivity contribution in [1.29, 1.82) is 0 Å². The minimum atomic E-state index is -3.44. The fourth-order valence-electron chi connectivity index (χ4n) is 4.64. The van der Waals surface area contributed by atoms with Crippen molar-refractivity contribution in [3.05, 3.63) is 23.8 Å². The van der Waals surface area contributed by atoms with Crippen LogP contribution in [0, 0.1) is 5.92 Å². The third-order valence-electron chi connectivity index (χ3n) is 6.16. The molecule has 2 heterocycles. The fourth-order valence-corrected chi connectivity index (χ4v) is 5.13. The second-order valence-electron chi connectivity index (χ2n) is 8.86. The number of hydrogen-bond donors (Lipinski definition) is 2. The number of amides is 1. The van der Waals surface area contributed by atoms with Gasteiger partial charge in [0.25, 0.3) is 5.91 Å². The number of hydroxylamine groups is 2. The lowest BCUT2D eigenvalue weighted by atomic mass is 9.84. The number of nitrogens with zero attached hydrogens (tertiary/aromatic N) is 2. The molecule has 11 nitrogen and oxygen atoms in total. The monoisotopic (exact) mass is 513 g/mol. The van der Waals surface area contributed by atoms with Gasteiger partial charge < -0.3 is 14.6 Å². The number of nitrogens with one attached hydrogen (secondary N) is 1. The first-order valence-electron chi connectivity index (χ1n) is 11.9. The van der Waals surface area contributed by atoms with E-state index in [2.05, 4.69) is 4.72 Å². The van der Waals surface area contributed by atoms with Crippen LogP contribution >= 0.6 is 0 Å². The molecule has 0 unspecified atom stereocenters. The maximum absolute atomic E-state index is 13.1. The molecule has 0 aliphatic carbocycles. The van der Waals surface area contributed by atoms with E-state index in [1.807, 2.05) is 24.8 Å². The number of rotatable bonds is 13. The Labute approximate surface area is 206 Å². The lowest BCUT2D eigenvalue weighted by Gasteiger charge is -2.29. The normalized spacial score (nSPS) is 21.9. The quantitative estimate of drug-likeness (QED) is 0.375. The minimum Gasteiger partial charge on any atom is -0.481 e. The minimum absolute atomic E-state index is 0.0297. The summed E-state index contributed by atoms with van der Waals surface area (Å²) >= 11 is 0. The van der Waals surface area contributed by atoms with E-state index in [1.165, 1.54) is 5.06 Å². The molecule has 1 fully saturated rings. The van der Waals surface area contributed by atoms with Crippen molar-refractivity contribution in [2.24, 2.45) is 5.92 Å². The Hall–Kier alpha value is -2.41. The number of likely N-dealkylation sites (tertiary alicyclic amines) is 1. The third kappa shape index (κ3) is 7.06. The second-order valence-corrected chi connectivity index (χ2v) is 10.7. The molecule has 2 aliphatic rings. The largest absolute Gasteiger partial charge is 0.481 e. The number of benzene rings is 1. The fraction of sp³-hybridized carbons (Fsp3) is 0.652. The molecule has 1 aromatic carbocycles. The summed E-state index contributed by atoms with van der Waals surface area (Å²) in [7, 11) is -3.44. The molecule has 196 valence electrons. The van der Waals surface area contributed by atoms with Gasteiger partial charge in [0.15, 0.2) is 11.5 Å². The Morgan fingerprint density at radius 2 is 1.97 bits per heavy atom. The van der Waals surface area contributed by atoms with E-state index >= 15 is 0 Å². The third-order valence-corrected chi connectivity index (χ3v) is 6.89. The molecule has 2 aliphatic heterocycles. The molecule has 0 saturated carbocycles. The molecule has 12 heteroatoms. The summed E-state index contributed by atoms with van der Waals surface area (Å²) in [5.74, 6) is -1.37. The van der Waals surface area contributed by atoms with E-state index in [9.17, 15) is 23.1 Å². The van der Waals surface area contributed by atoms with Crippen molar-refractivity contribution in [3.63, 3.8) is 0 Å². The van der Waals surface area contributed by atoms with Gasteiger partial charge in [-0.05, 0) is 37.0 Å². The SMILES string of the molecule is CCCON(CCC)C(=O)CN1C[C@H](c2ccc3c(c2)OCO3)[C@@H](C(=O)O)[C@@H]1CCNS(C)(=O)=O. The summed E-state index contributed by atoms with van der Waals surface area (Å²) in [6, 6.07) is 4.80. The van der Waals surface area contributed by atoms with E-state index in [0.717, 1.165) is 18.2 Å². The number of aliphatic carboxylic acids is 1. The Bertz CT molecular complexity index is 1000. The first-order chi connectivity index (χ1) is 16.6. The summed E-state index contributed by atoms with van der Waals surface area (Å²) in [6.07, 6.45) is 2.77. The van der Waals surface area contributed by atoms with Crippen molar-refractivity contribution in [1.82, 2.24) is 14.7 Å². The van der Waals surface area contributed by atoms with Crippen molar-refractivity contribution >= 4 is 21.9 Å². The van der Waals surface area contributed by atoms with Crippen LogP contribution in [0.25, 0.3) is 0 Å². The zero-order valence-electron chi connectivity index (χ0n) is 20.4. The van der Waals surface area contributed by atoms with Gasteiger partial charge in [0.05, 0.1) is 25.3 Å². The number of sulfonamides is 1. The van der Waals surface area contributed by atoms with E-state index in [0.29, 0.717) is 37.6 Å². The molecule has 0 radical (unpaired) electrons. The highest BCUT2D eigenvalue weighted by molar-refractivity contribution is 7.88. The summed E-state index contributed by atoms with van der Waals surface area (Å²) < 4.78 is 36.5. The number of hydrogen-bond acceptors (Lipinski definition) is 8. The predicted octanol–water partition coefficient (Wildman–Crippen LogP) is 1.40. The number of ether oxygens (including phenoxy) is 2. The van der Waals surface area contributed by atoms with Crippen molar-refractivity contribution < 1.29 is 37.4 Å². The van der Waals surface area contributed by atoms with Gasteiger partial charge in [-0.2, -0.15) is 0 Å². The molecule has 0 aromatic heterocycles. The van der Waals surface area contributed by atoms with Crippen LogP contribution in [-0.4, -0.2) is 87.2 Å². The Kier molecular flexibility index (Phi) is 9.34. The van der Waals surface area contributed by atoms with Gasteiger partial charge in [-0.15, -0.1) is 0 Å². The molecule has 1 aromatic rings. The summed E-state index contributed by atoms with van der Waals surface area (Å²) in [4.78, 5) is 33.0. The Morgan fingerprint density at radius 3 is 2.63 bits per heavy atom. The number of carboxylic acids is 1. The van der Waals surface area contributed by atoms with Crippen LogP contribution in [0.5, 0.6) is 11.5 Å². The van der Waals surface area contributed by atoms with Gasteiger partial charge in [0.1, 0.15) is 0 Å². The molecule has 1 amide bonds. The Balaban J connectivity index is 1.86. The second kappa shape index (κ2) is 12.0. The molecular formula is C23H35N3O8S. The van der Waals surface area contributed by atoms with E-state index in [-0.39, 0.29) is 32.2 Å². The maximum Gasteiger partial charge on any atom is 0.308 e. The van der Waals surface area contributed by atoms with Gasteiger partial charge in [-0.1, -0.05) is 19.9 Å². The number of fused-ring (bicyclic) bond motifs is 1. The molecule has 35 heavy (non-hydrogen) atoms. The lowest BCUT2D eigenvalue weighted by molar-refractivity contribution is -0.188.